The van der Waals surface area contributed by atoms with Gasteiger partial charge in [-0.3, -0.25) is 5.32 Å². The van der Waals surface area contributed by atoms with E-state index in [1.165, 1.54) is 19.2 Å². The molecule has 0 aromatic heterocycles. The molecule has 1 amide bonds. The fourth-order valence-corrected chi connectivity index (χ4v) is 1.72. The monoisotopic (exact) mass is 383 g/mol. The van der Waals surface area contributed by atoms with Crippen molar-refractivity contribution in [3.8, 4) is 5.75 Å². The summed E-state index contributed by atoms with van der Waals surface area (Å²) in [6.45, 7) is 2.01. The number of nitrogens with one attached hydrogen (secondary N) is 1. The molecule has 0 unspecified atom stereocenters. The molecule has 0 aliphatic rings. The molecule has 1 aromatic carbocycles. The lowest BCUT2D eigenvalue weighted by molar-refractivity contribution is 0.0216. The fraction of sp³-hybridized carbons (Fsp3) is 0.429. The molecule has 0 aliphatic carbocycles. The van der Waals surface area contributed by atoms with Crippen LogP contribution in [0.15, 0.2) is 24.3 Å². The second kappa shape index (κ2) is 9.05. The van der Waals surface area contributed by atoms with Gasteiger partial charge in [0, 0.05) is 0 Å². The minimum atomic E-state index is -2.06. The Hall–Kier alpha value is -1.37. The molecular formula is C14H16Cl3NO5. The summed E-state index contributed by atoms with van der Waals surface area (Å²) in [6.07, 6.45) is -1.74. The number of ether oxygens (including phenoxy) is 3. The van der Waals surface area contributed by atoms with Crippen LogP contribution in [0, 0.1) is 0 Å². The number of esters is 1. The van der Waals surface area contributed by atoms with Crippen molar-refractivity contribution < 1.29 is 23.8 Å². The average molecular weight is 385 g/mol. The molecular weight excluding hydrogens is 369 g/mol. The molecule has 1 atom stereocenters. The molecule has 6 nitrogen and oxygen atoms in total. The van der Waals surface area contributed by atoms with Crippen LogP contribution in [0.5, 0.6) is 5.75 Å². The molecule has 1 rings (SSSR count). The van der Waals surface area contributed by atoms with Crippen molar-refractivity contribution in [3.05, 3.63) is 29.8 Å². The van der Waals surface area contributed by atoms with Gasteiger partial charge in [0.05, 0.1) is 19.3 Å². The highest BCUT2D eigenvalue weighted by atomic mass is 35.6. The van der Waals surface area contributed by atoms with Crippen LogP contribution < -0.4 is 10.1 Å². The van der Waals surface area contributed by atoms with Crippen molar-refractivity contribution in [2.45, 2.75) is 23.4 Å². The van der Waals surface area contributed by atoms with E-state index in [1.54, 1.807) is 12.1 Å². The molecule has 9 heteroatoms. The number of alkyl carbamates (subject to hydrolysis) is 1. The normalized spacial score (nSPS) is 12.2. The topological polar surface area (TPSA) is 73.9 Å². The van der Waals surface area contributed by atoms with Gasteiger partial charge in [-0.2, -0.15) is 0 Å². The largest absolute Gasteiger partial charge is 0.497 e. The summed E-state index contributed by atoms with van der Waals surface area (Å²) in [5, 5.41) is 2.19. The lowest BCUT2D eigenvalue weighted by atomic mass is 10.2. The number of hydrogen-bond acceptors (Lipinski definition) is 5. The van der Waals surface area contributed by atoms with Gasteiger partial charge < -0.3 is 14.2 Å². The van der Waals surface area contributed by atoms with Gasteiger partial charge in [-0.25, -0.2) is 9.59 Å². The van der Waals surface area contributed by atoms with Gasteiger partial charge >= 0.3 is 12.1 Å². The predicted octanol–water partition coefficient (Wildman–Crippen LogP) is 3.68. The smallest absolute Gasteiger partial charge is 0.410 e. The van der Waals surface area contributed by atoms with Crippen molar-refractivity contribution in [1.82, 2.24) is 5.32 Å². The first-order valence-electron chi connectivity index (χ1n) is 6.63. The number of methoxy groups -OCH3 is 1. The van der Waals surface area contributed by atoms with E-state index in [2.05, 4.69) is 5.32 Å². The molecule has 0 bridgehead atoms. The second-order valence-electron chi connectivity index (χ2n) is 4.34. The molecule has 0 aliphatic heterocycles. The zero-order valence-electron chi connectivity index (χ0n) is 12.5. The second-order valence-corrected chi connectivity index (χ2v) is 6.70. The molecule has 0 saturated carbocycles. The number of rotatable bonds is 6. The first-order chi connectivity index (χ1) is 10.8. The Balaban J connectivity index is 2.75. The van der Waals surface area contributed by atoms with Crippen LogP contribution in [0.4, 0.5) is 4.79 Å². The molecule has 0 saturated heterocycles. The van der Waals surface area contributed by atoms with E-state index >= 15 is 0 Å². The first kappa shape index (κ1) is 19.7. The lowest BCUT2D eigenvalue weighted by Crippen LogP contribution is -2.47. The molecule has 1 aromatic rings. The third-order valence-corrected chi connectivity index (χ3v) is 3.13. The number of hydrogen-bond donors (Lipinski definition) is 1. The van der Waals surface area contributed by atoms with Crippen molar-refractivity contribution in [1.29, 1.82) is 0 Å². The van der Waals surface area contributed by atoms with Crippen LogP contribution in [0.2, 0.25) is 0 Å². The SMILES string of the molecule is CCCOC(=O)N[C@@H](OC(=O)c1ccc(OC)cc1)C(Cl)(Cl)Cl. The molecule has 128 valence electrons. The molecule has 0 spiro atoms. The molecule has 23 heavy (non-hydrogen) atoms. The van der Waals surface area contributed by atoms with Crippen molar-refractivity contribution >= 4 is 46.9 Å². The van der Waals surface area contributed by atoms with E-state index in [9.17, 15) is 9.59 Å². The Morgan fingerprint density at radius 1 is 1.22 bits per heavy atom. The van der Waals surface area contributed by atoms with Gasteiger partial charge in [-0.1, -0.05) is 41.7 Å². The maximum atomic E-state index is 12.1. The summed E-state index contributed by atoms with van der Waals surface area (Å²) < 4.78 is 12.8. The van der Waals surface area contributed by atoms with Crippen molar-refractivity contribution in [2.75, 3.05) is 13.7 Å². The molecule has 0 radical (unpaired) electrons. The molecule has 1 N–H and O–H groups in total. The maximum absolute atomic E-state index is 12.1. The highest BCUT2D eigenvalue weighted by Crippen LogP contribution is 2.31. The molecule has 0 fully saturated rings. The van der Waals surface area contributed by atoms with Gasteiger partial charge in [0.25, 0.3) is 0 Å². The number of halogens is 3. The van der Waals surface area contributed by atoms with E-state index in [0.29, 0.717) is 12.2 Å². The standard InChI is InChI=1S/C14H16Cl3NO5/c1-3-8-22-13(20)18-12(14(15,16)17)23-11(19)9-4-6-10(21-2)7-5-9/h4-7,12H,3,8H2,1-2H3,(H,18,20)/t12-/m0/s1. The van der Waals surface area contributed by atoms with Crippen LogP contribution in [0.25, 0.3) is 0 Å². The van der Waals surface area contributed by atoms with Crippen LogP contribution in [0.1, 0.15) is 23.7 Å². The number of carbonyl (C=O) groups excluding carboxylic acids is 2. The van der Waals surface area contributed by atoms with Gasteiger partial charge in [-0.15, -0.1) is 0 Å². The lowest BCUT2D eigenvalue weighted by Gasteiger charge is -2.24. The Labute approximate surface area is 148 Å². The van der Waals surface area contributed by atoms with Crippen LogP contribution in [-0.2, 0) is 9.47 Å². The number of benzene rings is 1. The van der Waals surface area contributed by atoms with E-state index in [4.69, 9.17) is 49.0 Å². The van der Waals surface area contributed by atoms with Crippen LogP contribution in [-0.4, -0.2) is 35.8 Å². The predicted molar refractivity (Wildman–Crippen MR) is 87.3 cm³/mol. The third kappa shape index (κ3) is 6.72. The summed E-state index contributed by atoms with van der Waals surface area (Å²) in [6, 6.07) is 6.10. The van der Waals surface area contributed by atoms with E-state index < -0.39 is 22.1 Å². The van der Waals surface area contributed by atoms with Crippen LogP contribution in [0.3, 0.4) is 0 Å². The number of carbonyl (C=O) groups is 2. The number of amides is 1. The van der Waals surface area contributed by atoms with Crippen molar-refractivity contribution in [2.24, 2.45) is 0 Å². The van der Waals surface area contributed by atoms with E-state index in [0.717, 1.165) is 0 Å². The Bertz CT molecular complexity index is 530. The Morgan fingerprint density at radius 3 is 2.30 bits per heavy atom. The fourth-order valence-electron chi connectivity index (χ4n) is 1.42. The zero-order valence-corrected chi connectivity index (χ0v) is 14.7. The maximum Gasteiger partial charge on any atom is 0.410 e. The van der Waals surface area contributed by atoms with Gasteiger partial charge in [0.2, 0.25) is 10.0 Å². The van der Waals surface area contributed by atoms with Gasteiger partial charge in [0.1, 0.15) is 5.75 Å². The van der Waals surface area contributed by atoms with E-state index in [1.807, 2.05) is 6.92 Å². The minimum absolute atomic E-state index is 0.185. The molecule has 0 heterocycles. The summed E-state index contributed by atoms with van der Waals surface area (Å²) in [7, 11) is 1.50. The highest BCUT2D eigenvalue weighted by Gasteiger charge is 2.38. The minimum Gasteiger partial charge on any atom is -0.497 e. The number of alkyl halides is 3. The van der Waals surface area contributed by atoms with Gasteiger partial charge in [-0.05, 0) is 30.7 Å². The van der Waals surface area contributed by atoms with Gasteiger partial charge in [0.15, 0.2) is 0 Å². The van der Waals surface area contributed by atoms with Crippen molar-refractivity contribution in [3.63, 3.8) is 0 Å². The van der Waals surface area contributed by atoms with E-state index in [-0.39, 0.29) is 12.2 Å². The summed E-state index contributed by atoms with van der Waals surface area (Å²) in [5.41, 5.74) is 0.203. The zero-order chi connectivity index (χ0) is 17.5. The van der Waals surface area contributed by atoms with Crippen LogP contribution >= 0.6 is 34.8 Å². The average Bonchev–Trinajstić information content (AvgIpc) is 2.51. The summed E-state index contributed by atoms with van der Waals surface area (Å²) >= 11 is 17.2. The quantitative estimate of drug-likeness (QED) is 0.460. The third-order valence-electron chi connectivity index (χ3n) is 2.53. The Kier molecular flexibility index (Phi) is 7.75. The first-order valence-corrected chi connectivity index (χ1v) is 7.76. The highest BCUT2D eigenvalue weighted by molar-refractivity contribution is 6.68. The Morgan fingerprint density at radius 2 is 1.83 bits per heavy atom. The summed E-state index contributed by atoms with van der Waals surface area (Å²) in [4.78, 5) is 23.6. The summed E-state index contributed by atoms with van der Waals surface area (Å²) in [5.74, 6) is -0.208.